The highest BCUT2D eigenvalue weighted by molar-refractivity contribution is 5.80. The van der Waals surface area contributed by atoms with Crippen LogP contribution in [-0.2, 0) is 0 Å². The van der Waals surface area contributed by atoms with E-state index in [1.165, 1.54) is 30.5 Å². The molecule has 0 aliphatic carbocycles. The van der Waals surface area contributed by atoms with Gasteiger partial charge < -0.3 is 0 Å². The highest BCUT2D eigenvalue weighted by Crippen LogP contribution is 2.12. The average Bonchev–Trinajstić information content (AvgIpc) is 2.55. The Morgan fingerprint density at radius 2 is 1.70 bits per heavy atom. The van der Waals surface area contributed by atoms with Gasteiger partial charge in [-0.25, -0.2) is 0 Å². The van der Waals surface area contributed by atoms with Gasteiger partial charge in [-0.3, -0.25) is 25.2 Å². The molecule has 0 spiro atoms. The first-order valence-electron chi connectivity index (χ1n) is 6.54. The van der Waals surface area contributed by atoms with Crippen molar-refractivity contribution in [2.45, 2.75) is 0 Å². The van der Waals surface area contributed by atoms with Crippen molar-refractivity contribution in [3.05, 3.63) is 79.9 Å². The van der Waals surface area contributed by atoms with E-state index in [1.54, 1.807) is 24.3 Å². The van der Waals surface area contributed by atoms with E-state index in [-0.39, 0.29) is 17.9 Å². The summed E-state index contributed by atoms with van der Waals surface area (Å²) < 4.78 is 0. The lowest BCUT2D eigenvalue weighted by molar-refractivity contribution is -0.385. The zero-order valence-corrected chi connectivity index (χ0v) is 11.9. The fourth-order valence-electron chi connectivity index (χ4n) is 1.72. The molecule has 0 heterocycles. The molecule has 0 fully saturated rings. The van der Waals surface area contributed by atoms with E-state index in [9.17, 15) is 20.2 Å². The van der Waals surface area contributed by atoms with Crippen LogP contribution in [0.2, 0.25) is 0 Å². The number of hydrogen-bond acceptors (Lipinski definition) is 5. The van der Waals surface area contributed by atoms with Gasteiger partial charge in [-0.1, -0.05) is 24.0 Å². The standard InChI is InChI=1S/C16H11N3O4/c20-18(21)15-8-6-13(7-9-15)4-2-10-17-12-14-3-1-5-16(11-14)19(22)23/h1,3,5-9,11-12H,10H2. The third kappa shape index (κ3) is 4.75. The highest BCUT2D eigenvalue weighted by Gasteiger charge is 2.03. The number of aliphatic imine (C=N–C) groups is 1. The fraction of sp³-hybridized carbons (Fsp3) is 0.0625. The first kappa shape index (κ1) is 15.9. The van der Waals surface area contributed by atoms with Crippen molar-refractivity contribution >= 4 is 17.6 Å². The molecule has 0 saturated heterocycles. The summed E-state index contributed by atoms with van der Waals surface area (Å²) in [6.45, 7) is 0.222. The molecule has 7 nitrogen and oxygen atoms in total. The quantitative estimate of drug-likeness (QED) is 0.375. The van der Waals surface area contributed by atoms with Gasteiger partial charge in [0.25, 0.3) is 11.4 Å². The van der Waals surface area contributed by atoms with Crippen LogP contribution < -0.4 is 0 Å². The van der Waals surface area contributed by atoms with E-state index in [2.05, 4.69) is 16.8 Å². The highest BCUT2D eigenvalue weighted by atomic mass is 16.6. The molecule has 0 aliphatic rings. The van der Waals surface area contributed by atoms with E-state index in [0.29, 0.717) is 11.1 Å². The summed E-state index contributed by atoms with van der Waals surface area (Å²) in [7, 11) is 0. The lowest BCUT2D eigenvalue weighted by Gasteiger charge is -1.93. The number of nitro benzene ring substituents is 2. The van der Waals surface area contributed by atoms with Crippen LogP contribution >= 0.6 is 0 Å². The monoisotopic (exact) mass is 309 g/mol. The molecular weight excluding hydrogens is 298 g/mol. The van der Waals surface area contributed by atoms with Gasteiger partial charge in [0.15, 0.2) is 0 Å². The smallest absolute Gasteiger partial charge is 0.270 e. The molecule has 23 heavy (non-hydrogen) atoms. The van der Waals surface area contributed by atoms with Gasteiger partial charge in [0, 0.05) is 36.0 Å². The Balaban J connectivity index is 1.96. The van der Waals surface area contributed by atoms with E-state index in [4.69, 9.17) is 0 Å². The number of hydrogen-bond donors (Lipinski definition) is 0. The molecule has 2 rings (SSSR count). The van der Waals surface area contributed by atoms with E-state index < -0.39 is 9.85 Å². The van der Waals surface area contributed by atoms with Crippen molar-refractivity contribution in [1.82, 2.24) is 0 Å². The number of benzene rings is 2. The second-order valence-electron chi connectivity index (χ2n) is 4.43. The maximum absolute atomic E-state index is 10.6. The molecule has 0 bridgehead atoms. The molecule has 7 heteroatoms. The summed E-state index contributed by atoms with van der Waals surface area (Å²) in [6, 6.07) is 12.0. The van der Waals surface area contributed by atoms with Crippen LogP contribution in [0.15, 0.2) is 53.5 Å². The van der Waals surface area contributed by atoms with Gasteiger partial charge in [-0.15, -0.1) is 0 Å². The molecule has 0 radical (unpaired) electrons. The largest absolute Gasteiger partial charge is 0.280 e. The summed E-state index contributed by atoms with van der Waals surface area (Å²) in [5.74, 6) is 5.64. The average molecular weight is 309 g/mol. The predicted molar refractivity (Wildman–Crippen MR) is 85.5 cm³/mol. The maximum Gasteiger partial charge on any atom is 0.270 e. The van der Waals surface area contributed by atoms with Crippen LogP contribution in [0.1, 0.15) is 11.1 Å². The summed E-state index contributed by atoms with van der Waals surface area (Å²) in [6.07, 6.45) is 1.51. The van der Waals surface area contributed by atoms with Gasteiger partial charge in [0.05, 0.1) is 9.85 Å². The minimum Gasteiger partial charge on any atom is -0.280 e. The second-order valence-corrected chi connectivity index (χ2v) is 4.43. The van der Waals surface area contributed by atoms with E-state index in [1.807, 2.05) is 0 Å². The number of rotatable bonds is 4. The van der Waals surface area contributed by atoms with Crippen LogP contribution in [-0.4, -0.2) is 22.6 Å². The molecule has 0 atom stereocenters. The normalized spacial score (nSPS) is 10.1. The summed E-state index contributed by atoms with van der Waals surface area (Å²) in [5, 5.41) is 21.2. The van der Waals surface area contributed by atoms with E-state index >= 15 is 0 Å². The molecule has 0 aliphatic heterocycles. The summed E-state index contributed by atoms with van der Waals surface area (Å²) in [5.41, 5.74) is 1.29. The molecule has 114 valence electrons. The zero-order valence-electron chi connectivity index (χ0n) is 11.9. The van der Waals surface area contributed by atoms with Crippen LogP contribution in [0.4, 0.5) is 11.4 Å². The molecule has 0 amide bonds. The zero-order chi connectivity index (χ0) is 16.7. The van der Waals surface area contributed by atoms with Gasteiger partial charge in [-0.05, 0) is 17.7 Å². The van der Waals surface area contributed by atoms with Gasteiger partial charge >= 0.3 is 0 Å². The number of nitrogens with zero attached hydrogens (tertiary/aromatic N) is 3. The Labute approximate surface area is 131 Å². The molecule has 2 aromatic rings. The Bertz CT molecular complexity index is 817. The van der Waals surface area contributed by atoms with Crippen molar-refractivity contribution in [2.24, 2.45) is 4.99 Å². The third-order valence-corrected chi connectivity index (χ3v) is 2.80. The molecule has 2 aromatic carbocycles. The number of non-ortho nitro benzene ring substituents is 2. The molecule has 0 saturated carbocycles. The van der Waals surface area contributed by atoms with Crippen LogP contribution in [0.5, 0.6) is 0 Å². The van der Waals surface area contributed by atoms with E-state index in [0.717, 1.165) is 0 Å². The minimum absolute atomic E-state index is 0.00548. The number of nitro groups is 2. The van der Waals surface area contributed by atoms with Crippen LogP contribution in [0.25, 0.3) is 0 Å². The summed E-state index contributed by atoms with van der Waals surface area (Å²) >= 11 is 0. The fourth-order valence-corrected chi connectivity index (χ4v) is 1.72. The lowest BCUT2D eigenvalue weighted by atomic mass is 10.2. The van der Waals surface area contributed by atoms with Gasteiger partial charge in [0.2, 0.25) is 0 Å². The Kier molecular flexibility index (Phi) is 5.15. The minimum atomic E-state index is -0.472. The van der Waals surface area contributed by atoms with Gasteiger partial charge in [0.1, 0.15) is 6.54 Å². The van der Waals surface area contributed by atoms with Gasteiger partial charge in [-0.2, -0.15) is 0 Å². The van der Waals surface area contributed by atoms with Crippen LogP contribution in [0.3, 0.4) is 0 Å². The first-order valence-corrected chi connectivity index (χ1v) is 6.54. The van der Waals surface area contributed by atoms with Crippen LogP contribution in [0, 0.1) is 32.1 Å². The molecule has 0 N–H and O–H groups in total. The Hall–Kier alpha value is -3.53. The molecular formula is C16H11N3O4. The third-order valence-electron chi connectivity index (χ3n) is 2.80. The predicted octanol–water partition coefficient (Wildman–Crippen LogP) is 2.97. The Morgan fingerprint density at radius 1 is 1.00 bits per heavy atom. The van der Waals surface area contributed by atoms with Crippen molar-refractivity contribution in [3.63, 3.8) is 0 Å². The molecule has 0 aromatic heterocycles. The maximum atomic E-state index is 10.6. The topological polar surface area (TPSA) is 98.6 Å². The second kappa shape index (κ2) is 7.47. The van der Waals surface area contributed by atoms with Crippen molar-refractivity contribution < 1.29 is 9.85 Å². The van der Waals surface area contributed by atoms with Crippen molar-refractivity contribution in [2.75, 3.05) is 6.54 Å². The molecule has 0 unspecified atom stereocenters. The van der Waals surface area contributed by atoms with Crippen molar-refractivity contribution in [3.8, 4) is 11.8 Å². The Morgan fingerprint density at radius 3 is 2.35 bits per heavy atom. The first-order chi connectivity index (χ1) is 11.1. The lowest BCUT2D eigenvalue weighted by Crippen LogP contribution is -1.90. The summed E-state index contributed by atoms with van der Waals surface area (Å²) in [4.78, 5) is 24.3. The SMILES string of the molecule is O=[N+]([O-])c1ccc(C#CCN=Cc2cccc([N+](=O)[O-])c2)cc1. The van der Waals surface area contributed by atoms with Crippen molar-refractivity contribution in [1.29, 1.82) is 0 Å².